The predicted molar refractivity (Wildman–Crippen MR) is 77.2 cm³/mol. The molecule has 5 nitrogen and oxygen atoms in total. The zero-order valence-electron chi connectivity index (χ0n) is 10.9. The largest absolute Gasteiger partial charge is 0.391 e. The minimum atomic E-state index is -0.535. The average Bonchev–Trinajstić information content (AvgIpc) is 2.74. The van der Waals surface area contributed by atoms with E-state index in [0.717, 1.165) is 10.2 Å². The number of nitrogens with zero attached hydrogens (tertiary/aromatic N) is 1. The predicted octanol–water partition coefficient (Wildman–Crippen LogP) is 1.63. The number of nitrogens with two attached hydrogens (primary N) is 1. The molecule has 0 saturated heterocycles. The fourth-order valence-electron chi connectivity index (χ4n) is 1.62. The van der Waals surface area contributed by atoms with Gasteiger partial charge in [0.25, 0.3) is 5.91 Å². The Bertz CT molecular complexity index is 595. The highest BCUT2D eigenvalue weighted by atomic mass is 32.1. The number of benzene rings is 1. The van der Waals surface area contributed by atoms with Crippen LogP contribution in [0.4, 0.5) is 5.13 Å². The molecule has 0 aliphatic heterocycles. The fourth-order valence-corrected chi connectivity index (χ4v) is 2.39. The number of rotatable bonds is 4. The molecular formula is C13H17N3O2S. The van der Waals surface area contributed by atoms with Crippen molar-refractivity contribution in [2.75, 3.05) is 12.3 Å². The van der Waals surface area contributed by atoms with E-state index in [2.05, 4.69) is 10.3 Å². The number of fused-ring (bicyclic) bond motifs is 1. The molecule has 0 spiro atoms. The van der Waals surface area contributed by atoms with Gasteiger partial charge >= 0.3 is 0 Å². The van der Waals surface area contributed by atoms with Gasteiger partial charge in [-0.25, -0.2) is 4.98 Å². The SMILES string of the molecule is CC(C)C(O)CNC(=O)c1ccc2nc(N)sc2c1. The first-order chi connectivity index (χ1) is 8.97. The minimum absolute atomic E-state index is 0.115. The molecule has 2 rings (SSSR count). The number of carbonyl (C=O) groups is 1. The van der Waals surface area contributed by atoms with Gasteiger partial charge in [-0.3, -0.25) is 4.79 Å². The molecule has 2 aromatic rings. The van der Waals surface area contributed by atoms with Gasteiger partial charge in [0.05, 0.1) is 16.3 Å². The quantitative estimate of drug-likeness (QED) is 0.793. The molecule has 4 N–H and O–H groups in total. The first kappa shape index (κ1) is 13.8. The Morgan fingerprint density at radius 1 is 1.53 bits per heavy atom. The lowest BCUT2D eigenvalue weighted by molar-refractivity contribution is 0.0872. The minimum Gasteiger partial charge on any atom is -0.391 e. The summed E-state index contributed by atoms with van der Waals surface area (Å²) < 4.78 is 0.884. The Hall–Kier alpha value is -1.66. The van der Waals surface area contributed by atoms with Crippen LogP contribution in [0.3, 0.4) is 0 Å². The number of thiazole rings is 1. The van der Waals surface area contributed by atoms with E-state index < -0.39 is 6.10 Å². The summed E-state index contributed by atoms with van der Waals surface area (Å²) in [6.45, 7) is 4.06. The molecule has 1 heterocycles. The third kappa shape index (κ3) is 3.21. The maximum atomic E-state index is 12.0. The van der Waals surface area contributed by atoms with Crippen LogP contribution >= 0.6 is 11.3 Å². The van der Waals surface area contributed by atoms with Gasteiger partial charge in [-0.05, 0) is 24.1 Å². The van der Waals surface area contributed by atoms with Gasteiger partial charge in [0, 0.05) is 12.1 Å². The number of nitrogens with one attached hydrogen (secondary N) is 1. The number of aliphatic hydroxyl groups excluding tert-OH is 1. The summed E-state index contributed by atoms with van der Waals surface area (Å²) in [4.78, 5) is 16.1. The van der Waals surface area contributed by atoms with Crippen LogP contribution in [-0.2, 0) is 0 Å². The molecule has 19 heavy (non-hydrogen) atoms. The number of hydrogen-bond donors (Lipinski definition) is 3. The Labute approximate surface area is 115 Å². The van der Waals surface area contributed by atoms with Gasteiger partial charge in [0.15, 0.2) is 5.13 Å². The number of aromatic nitrogens is 1. The van der Waals surface area contributed by atoms with E-state index in [1.54, 1.807) is 18.2 Å². The van der Waals surface area contributed by atoms with E-state index in [4.69, 9.17) is 5.73 Å². The number of aliphatic hydroxyl groups is 1. The summed E-state index contributed by atoms with van der Waals surface area (Å²) in [6, 6.07) is 5.25. The number of amides is 1. The average molecular weight is 279 g/mol. The molecular weight excluding hydrogens is 262 g/mol. The second kappa shape index (κ2) is 5.54. The normalized spacial score (nSPS) is 12.8. The highest BCUT2D eigenvalue weighted by molar-refractivity contribution is 7.22. The van der Waals surface area contributed by atoms with Crippen LogP contribution in [0.15, 0.2) is 18.2 Å². The highest BCUT2D eigenvalue weighted by Gasteiger charge is 2.12. The molecule has 1 aromatic carbocycles. The number of hydrogen-bond acceptors (Lipinski definition) is 5. The van der Waals surface area contributed by atoms with E-state index in [9.17, 15) is 9.90 Å². The van der Waals surface area contributed by atoms with Crippen molar-refractivity contribution in [2.24, 2.45) is 5.92 Å². The zero-order chi connectivity index (χ0) is 14.0. The first-order valence-corrected chi connectivity index (χ1v) is 6.91. The van der Waals surface area contributed by atoms with E-state index in [1.165, 1.54) is 11.3 Å². The highest BCUT2D eigenvalue weighted by Crippen LogP contribution is 2.24. The molecule has 0 aliphatic rings. The molecule has 102 valence electrons. The smallest absolute Gasteiger partial charge is 0.251 e. The lowest BCUT2D eigenvalue weighted by Gasteiger charge is -2.14. The van der Waals surface area contributed by atoms with Crippen LogP contribution in [0.25, 0.3) is 10.2 Å². The maximum absolute atomic E-state index is 12.0. The molecule has 1 atom stereocenters. The van der Waals surface area contributed by atoms with Crippen molar-refractivity contribution in [3.8, 4) is 0 Å². The standard InChI is InChI=1S/C13H17N3O2S/c1-7(2)10(17)6-15-12(18)8-3-4-9-11(5-8)19-13(14)16-9/h3-5,7,10,17H,6H2,1-2H3,(H2,14,16)(H,15,18). The first-order valence-electron chi connectivity index (χ1n) is 6.09. The van der Waals surface area contributed by atoms with Gasteiger partial charge < -0.3 is 16.2 Å². The number of carbonyl (C=O) groups excluding carboxylic acids is 1. The van der Waals surface area contributed by atoms with Crippen molar-refractivity contribution in [1.29, 1.82) is 0 Å². The fraction of sp³-hybridized carbons (Fsp3) is 0.385. The Kier molecular flexibility index (Phi) is 4.01. The van der Waals surface area contributed by atoms with Crippen molar-refractivity contribution in [3.05, 3.63) is 23.8 Å². The van der Waals surface area contributed by atoms with Gasteiger partial charge in [0.2, 0.25) is 0 Å². The summed E-state index contributed by atoms with van der Waals surface area (Å²) >= 11 is 1.35. The lowest BCUT2D eigenvalue weighted by Crippen LogP contribution is -2.34. The zero-order valence-corrected chi connectivity index (χ0v) is 11.7. The van der Waals surface area contributed by atoms with Crippen LogP contribution in [0.1, 0.15) is 24.2 Å². The van der Waals surface area contributed by atoms with Crippen LogP contribution < -0.4 is 11.1 Å². The molecule has 6 heteroatoms. The third-order valence-electron chi connectivity index (χ3n) is 2.91. The monoisotopic (exact) mass is 279 g/mol. The molecule has 0 bridgehead atoms. The van der Waals surface area contributed by atoms with Crippen LogP contribution in [0.5, 0.6) is 0 Å². The van der Waals surface area contributed by atoms with Gasteiger partial charge in [-0.15, -0.1) is 0 Å². The van der Waals surface area contributed by atoms with Crippen LogP contribution in [0.2, 0.25) is 0 Å². The Morgan fingerprint density at radius 3 is 2.95 bits per heavy atom. The van der Waals surface area contributed by atoms with Crippen molar-refractivity contribution >= 4 is 32.6 Å². The van der Waals surface area contributed by atoms with Crippen molar-refractivity contribution in [1.82, 2.24) is 10.3 Å². The Balaban J connectivity index is 2.08. The molecule has 0 aliphatic carbocycles. The molecule has 0 saturated carbocycles. The summed E-state index contributed by atoms with van der Waals surface area (Å²) in [7, 11) is 0. The summed E-state index contributed by atoms with van der Waals surface area (Å²) in [5.41, 5.74) is 6.96. The number of nitrogen functional groups attached to an aromatic ring is 1. The van der Waals surface area contributed by atoms with E-state index in [1.807, 2.05) is 13.8 Å². The third-order valence-corrected chi connectivity index (χ3v) is 3.76. The topological polar surface area (TPSA) is 88.2 Å². The van der Waals surface area contributed by atoms with E-state index in [-0.39, 0.29) is 18.4 Å². The van der Waals surface area contributed by atoms with Gasteiger partial charge in [-0.2, -0.15) is 0 Å². The second-order valence-electron chi connectivity index (χ2n) is 4.76. The second-order valence-corrected chi connectivity index (χ2v) is 5.82. The molecule has 1 amide bonds. The van der Waals surface area contributed by atoms with Crippen molar-refractivity contribution in [3.63, 3.8) is 0 Å². The summed E-state index contributed by atoms with van der Waals surface area (Å²) in [5, 5.41) is 12.9. The van der Waals surface area contributed by atoms with Crippen LogP contribution in [0, 0.1) is 5.92 Å². The van der Waals surface area contributed by atoms with Gasteiger partial charge in [-0.1, -0.05) is 25.2 Å². The molecule has 0 fully saturated rings. The van der Waals surface area contributed by atoms with E-state index in [0.29, 0.717) is 10.7 Å². The lowest BCUT2D eigenvalue weighted by atomic mass is 10.1. The van der Waals surface area contributed by atoms with E-state index >= 15 is 0 Å². The van der Waals surface area contributed by atoms with Crippen molar-refractivity contribution in [2.45, 2.75) is 20.0 Å². The van der Waals surface area contributed by atoms with Gasteiger partial charge in [0.1, 0.15) is 0 Å². The molecule has 0 radical (unpaired) electrons. The maximum Gasteiger partial charge on any atom is 0.251 e. The van der Waals surface area contributed by atoms with Crippen LogP contribution in [-0.4, -0.2) is 28.6 Å². The summed E-state index contributed by atoms with van der Waals surface area (Å²) in [5.74, 6) is -0.0855. The number of anilines is 1. The van der Waals surface area contributed by atoms with Crippen molar-refractivity contribution < 1.29 is 9.90 Å². The summed E-state index contributed by atoms with van der Waals surface area (Å²) in [6.07, 6.45) is -0.535. The molecule has 1 aromatic heterocycles. The molecule has 1 unspecified atom stereocenters. The Morgan fingerprint density at radius 2 is 2.26 bits per heavy atom.